The van der Waals surface area contributed by atoms with E-state index >= 15 is 0 Å². The topological polar surface area (TPSA) is 47.9 Å². The second-order valence-corrected chi connectivity index (χ2v) is 5.99. The summed E-state index contributed by atoms with van der Waals surface area (Å²) < 4.78 is 16.6. The summed E-state index contributed by atoms with van der Waals surface area (Å²) in [6, 6.07) is 3.83. The lowest BCUT2D eigenvalue weighted by molar-refractivity contribution is 0.0885. The Morgan fingerprint density at radius 3 is 2.40 bits per heavy atom. The van der Waals surface area contributed by atoms with Crippen LogP contribution in [0.4, 0.5) is 0 Å². The molecule has 1 N–H and O–H groups in total. The highest BCUT2D eigenvalue weighted by atomic mass is 16.7. The van der Waals surface area contributed by atoms with E-state index in [1.807, 2.05) is 12.1 Å². The molecule has 0 radical (unpaired) electrons. The van der Waals surface area contributed by atoms with Crippen LogP contribution in [0.25, 0.3) is 0 Å². The van der Waals surface area contributed by atoms with E-state index in [1.54, 1.807) is 0 Å². The zero-order valence-corrected chi connectivity index (χ0v) is 12.7. The van der Waals surface area contributed by atoms with Crippen molar-refractivity contribution in [1.82, 2.24) is 0 Å². The van der Waals surface area contributed by atoms with Crippen molar-refractivity contribution in [1.29, 1.82) is 0 Å². The SMILES string of the molecule is CC(C)C[C@@H](O)COc1cc2c(cc1C(C)C)OCO2. The Hall–Kier alpha value is -1.42. The predicted octanol–water partition coefficient (Wildman–Crippen LogP) is 3.32. The Morgan fingerprint density at radius 1 is 1.15 bits per heavy atom. The second-order valence-electron chi connectivity index (χ2n) is 5.99. The number of ether oxygens (including phenoxy) is 3. The highest BCUT2D eigenvalue weighted by molar-refractivity contribution is 5.52. The van der Waals surface area contributed by atoms with E-state index in [0.717, 1.165) is 23.5 Å². The van der Waals surface area contributed by atoms with Gasteiger partial charge in [-0.15, -0.1) is 0 Å². The number of hydrogen-bond acceptors (Lipinski definition) is 4. The molecule has 0 aromatic heterocycles. The zero-order valence-electron chi connectivity index (χ0n) is 12.7. The molecule has 1 heterocycles. The Kier molecular flexibility index (Phi) is 4.76. The molecular weight excluding hydrogens is 256 g/mol. The molecule has 1 atom stereocenters. The summed E-state index contributed by atoms with van der Waals surface area (Å²) >= 11 is 0. The van der Waals surface area contributed by atoms with Gasteiger partial charge in [-0.3, -0.25) is 0 Å². The molecule has 112 valence electrons. The van der Waals surface area contributed by atoms with Gasteiger partial charge in [0.25, 0.3) is 0 Å². The highest BCUT2D eigenvalue weighted by Gasteiger charge is 2.20. The van der Waals surface area contributed by atoms with Gasteiger partial charge >= 0.3 is 0 Å². The van der Waals surface area contributed by atoms with E-state index in [0.29, 0.717) is 24.2 Å². The highest BCUT2D eigenvalue weighted by Crippen LogP contribution is 2.40. The standard InChI is InChI=1S/C16H24O4/c1-10(2)5-12(17)8-18-14-7-16-15(19-9-20-16)6-13(14)11(3)4/h6-7,10-12,17H,5,8-9H2,1-4H3/t12-/m1/s1. The molecule has 0 amide bonds. The van der Waals surface area contributed by atoms with E-state index in [1.165, 1.54) is 0 Å². The van der Waals surface area contributed by atoms with Crippen molar-refractivity contribution in [3.05, 3.63) is 17.7 Å². The fraction of sp³-hybridized carbons (Fsp3) is 0.625. The Bertz CT molecular complexity index is 454. The monoisotopic (exact) mass is 280 g/mol. The molecule has 20 heavy (non-hydrogen) atoms. The second kappa shape index (κ2) is 6.35. The number of hydrogen-bond donors (Lipinski definition) is 1. The van der Waals surface area contributed by atoms with Gasteiger partial charge in [0.1, 0.15) is 12.4 Å². The van der Waals surface area contributed by atoms with Gasteiger partial charge in [0, 0.05) is 11.6 Å². The molecule has 0 aliphatic carbocycles. The third-order valence-corrected chi connectivity index (χ3v) is 3.30. The summed E-state index contributed by atoms with van der Waals surface area (Å²) in [7, 11) is 0. The van der Waals surface area contributed by atoms with Gasteiger partial charge in [-0.05, 0) is 24.3 Å². The van der Waals surface area contributed by atoms with E-state index in [4.69, 9.17) is 14.2 Å². The van der Waals surface area contributed by atoms with Gasteiger partial charge in [-0.2, -0.15) is 0 Å². The molecule has 0 spiro atoms. The van der Waals surface area contributed by atoms with Crippen LogP contribution in [0.2, 0.25) is 0 Å². The van der Waals surface area contributed by atoms with Crippen LogP contribution >= 0.6 is 0 Å². The third-order valence-electron chi connectivity index (χ3n) is 3.30. The summed E-state index contributed by atoms with van der Waals surface area (Å²) in [4.78, 5) is 0. The first-order valence-electron chi connectivity index (χ1n) is 7.21. The largest absolute Gasteiger partial charge is 0.490 e. The van der Waals surface area contributed by atoms with Gasteiger partial charge in [-0.1, -0.05) is 27.7 Å². The average molecular weight is 280 g/mol. The molecule has 0 unspecified atom stereocenters. The molecule has 0 saturated carbocycles. The van der Waals surface area contributed by atoms with Crippen LogP contribution in [0.15, 0.2) is 12.1 Å². The molecule has 1 aliphatic heterocycles. The van der Waals surface area contributed by atoms with Crippen molar-refractivity contribution >= 4 is 0 Å². The molecule has 1 aromatic rings. The van der Waals surface area contributed by atoms with Gasteiger partial charge in [0.2, 0.25) is 6.79 Å². The smallest absolute Gasteiger partial charge is 0.231 e. The first kappa shape index (κ1) is 15.0. The number of aliphatic hydroxyl groups excluding tert-OH is 1. The molecule has 0 fully saturated rings. The van der Waals surface area contributed by atoms with Crippen LogP contribution in [-0.4, -0.2) is 24.6 Å². The van der Waals surface area contributed by atoms with E-state index in [-0.39, 0.29) is 6.79 Å². The van der Waals surface area contributed by atoms with Crippen molar-refractivity contribution in [2.24, 2.45) is 5.92 Å². The van der Waals surface area contributed by atoms with Crippen LogP contribution in [0, 0.1) is 5.92 Å². The Balaban J connectivity index is 2.10. The molecule has 0 bridgehead atoms. The Labute approximate surface area is 120 Å². The summed E-state index contributed by atoms with van der Waals surface area (Å²) in [5.41, 5.74) is 1.07. The fourth-order valence-corrected chi connectivity index (χ4v) is 2.31. The number of aliphatic hydroxyl groups is 1. The van der Waals surface area contributed by atoms with Crippen molar-refractivity contribution in [2.75, 3.05) is 13.4 Å². The molecule has 4 heteroatoms. The van der Waals surface area contributed by atoms with Gasteiger partial charge < -0.3 is 19.3 Å². The van der Waals surface area contributed by atoms with Crippen LogP contribution in [0.5, 0.6) is 17.2 Å². The van der Waals surface area contributed by atoms with Crippen molar-refractivity contribution < 1.29 is 19.3 Å². The maximum Gasteiger partial charge on any atom is 0.231 e. The van der Waals surface area contributed by atoms with E-state index in [2.05, 4.69) is 27.7 Å². The molecule has 1 aromatic carbocycles. The molecule has 1 aliphatic rings. The third kappa shape index (κ3) is 3.57. The average Bonchev–Trinajstić information content (AvgIpc) is 2.81. The lowest BCUT2D eigenvalue weighted by Crippen LogP contribution is -2.20. The van der Waals surface area contributed by atoms with Crippen LogP contribution in [0.3, 0.4) is 0 Å². The van der Waals surface area contributed by atoms with Crippen molar-refractivity contribution in [2.45, 2.75) is 46.1 Å². The fourth-order valence-electron chi connectivity index (χ4n) is 2.31. The minimum atomic E-state index is -0.444. The first-order chi connectivity index (χ1) is 9.47. The van der Waals surface area contributed by atoms with Crippen LogP contribution in [0.1, 0.15) is 45.6 Å². The summed E-state index contributed by atoms with van der Waals surface area (Å²) in [5.74, 6) is 3.02. The van der Waals surface area contributed by atoms with Gasteiger partial charge in [0.15, 0.2) is 11.5 Å². The first-order valence-corrected chi connectivity index (χ1v) is 7.21. The Morgan fingerprint density at radius 2 is 1.80 bits per heavy atom. The number of fused-ring (bicyclic) bond motifs is 1. The summed E-state index contributed by atoms with van der Waals surface area (Å²) in [5, 5.41) is 9.92. The van der Waals surface area contributed by atoms with Crippen LogP contribution < -0.4 is 14.2 Å². The summed E-state index contributed by atoms with van der Waals surface area (Å²) in [6.07, 6.45) is 0.294. The maximum absolute atomic E-state index is 9.92. The zero-order chi connectivity index (χ0) is 14.7. The predicted molar refractivity (Wildman–Crippen MR) is 77.6 cm³/mol. The van der Waals surface area contributed by atoms with E-state index < -0.39 is 6.10 Å². The minimum Gasteiger partial charge on any atom is -0.490 e. The van der Waals surface area contributed by atoms with E-state index in [9.17, 15) is 5.11 Å². The van der Waals surface area contributed by atoms with Crippen molar-refractivity contribution in [3.63, 3.8) is 0 Å². The number of benzene rings is 1. The van der Waals surface area contributed by atoms with Gasteiger partial charge in [-0.25, -0.2) is 0 Å². The lowest BCUT2D eigenvalue weighted by Gasteiger charge is -2.18. The lowest BCUT2D eigenvalue weighted by atomic mass is 10.0. The summed E-state index contributed by atoms with van der Waals surface area (Å²) in [6.45, 7) is 8.94. The molecule has 0 saturated heterocycles. The van der Waals surface area contributed by atoms with Crippen molar-refractivity contribution in [3.8, 4) is 17.2 Å². The van der Waals surface area contributed by atoms with Crippen LogP contribution in [-0.2, 0) is 0 Å². The molecular formula is C16H24O4. The minimum absolute atomic E-state index is 0.256. The molecule has 4 nitrogen and oxygen atoms in total. The normalized spacial score (nSPS) is 14.9. The number of rotatable bonds is 6. The van der Waals surface area contributed by atoms with Gasteiger partial charge in [0.05, 0.1) is 6.10 Å². The molecule has 2 rings (SSSR count). The quantitative estimate of drug-likeness (QED) is 0.868. The maximum atomic E-state index is 9.92.